The number of nitrogens with zero attached hydrogens (tertiary/aromatic N) is 1. The van der Waals surface area contributed by atoms with Gasteiger partial charge in [0, 0.05) is 17.5 Å². The van der Waals surface area contributed by atoms with Gasteiger partial charge in [0.15, 0.2) is 0 Å². The second kappa shape index (κ2) is 4.88. The highest BCUT2D eigenvalue weighted by Gasteiger charge is 2.07. The molecule has 0 aliphatic heterocycles. The Kier molecular flexibility index (Phi) is 3.77. The lowest BCUT2D eigenvalue weighted by Gasteiger charge is -2.04. The van der Waals surface area contributed by atoms with Crippen molar-refractivity contribution < 1.29 is 12.8 Å². The predicted octanol–water partition coefficient (Wildman–Crippen LogP) is 1.26. The third-order valence-corrected chi connectivity index (χ3v) is 2.85. The van der Waals surface area contributed by atoms with Crippen molar-refractivity contribution in [2.24, 2.45) is 0 Å². The Bertz CT molecular complexity index is 546. The molecule has 0 aromatic heterocycles. The molecule has 0 fully saturated rings. The van der Waals surface area contributed by atoms with E-state index < -0.39 is 15.8 Å². The molecule has 1 N–H and O–H groups in total. The van der Waals surface area contributed by atoms with Gasteiger partial charge < -0.3 is 0 Å². The molecule has 0 spiro atoms. The highest BCUT2D eigenvalue weighted by Crippen LogP contribution is 2.10. The molecule has 1 aromatic carbocycles. The first kappa shape index (κ1) is 12.4. The maximum absolute atomic E-state index is 13.3. The fourth-order valence-corrected chi connectivity index (χ4v) is 1.47. The van der Waals surface area contributed by atoms with E-state index in [0.29, 0.717) is 0 Å². The van der Waals surface area contributed by atoms with Crippen molar-refractivity contribution >= 4 is 10.0 Å². The summed E-state index contributed by atoms with van der Waals surface area (Å²) in [4.78, 5) is 0. The van der Waals surface area contributed by atoms with E-state index in [0.717, 1.165) is 11.5 Å². The topological polar surface area (TPSA) is 70.0 Å². The molecule has 0 aliphatic carbocycles. The molecule has 0 saturated carbocycles. The summed E-state index contributed by atoms with van der Waals surface area (Å²) in [6.07, 6.45) is 0. The second-order valence-electron chi connectivity index (χ2n) is 2.95. The van der Waals surface area contributed by atoms with Crippen LogP contribution in [-0.2, 0) is 16.6 Å². The SMILES string of the molecule is C=CS(=O)(=O)NCc1ccc(C#N)cc1F. The molecule has 0 amide bonds. The van der Waals surface area contributed by atoms with Gasteiger partial charge in [-0.15, -0.1) is 0 Å². The van der Waals surface area contributed by atoms with Gasteiger partial charge in [0.25, 0.3) is 0 Å². The third kappa shape index (κ3) is 3.15. The van der Waals surface area contributed by atoms with E-state index in [2.05, 4.69) is 11.3 Å². The minimum absolute atomic E-state index is 0.171. The van der Waals surface area contributed by atoms with Crippen LogP contribution in [0.3, 0.4) is 0 Å². The minimum Gasteiger partial charge on any atom is -0.208 e. The lowest BCUT2D eigenvalue weighted by Crippen LogP contribution is -2.20. The molecule has 4 nitrogen and oxygen atoms in total. The van der Waals surface area contributed by atoms with Crippen LogP contribution in [0.2, 0.25) is 0 Å². The zero-order valence-corrected chi connectivity index (χ0v) is 9.09. The monoisotopic (exact) mass is 240 g/mol. The highest BCUT2D eigenvalue weighted by atomic mass is 32.2. The van der Waals surface area contributed by atoms with E-state index in [4.69, 9.17) is 5.26 Å². The minimum atomic E-state index is -3.57. The third-order valence-electron chi connectivity index (χ3n) is 1.87. The van der Waals surface area contributed by atoms with Gasteiger partial charge in [-0.05, 0) is 12.1 Å². The van der Waals surface area contributed by atoms with E-state index in [9.17, 15) is 12.8 Å². The van der Waals surface area contributed by atoms with Crippen molar-refractivity contribution in [3.8, 4) is 6.07 Å². The first-order valence-corrected chi connectivity index (χ1v) is 5.84. The number of rotatable bonds is 4. The summed E-state index contributed by atoms with van der Waals surface area (Å²) < 4.78 is 37.4. The van der Waals surface area contributed by atoms with Crippen molar-refractivity contribution in [1.29, 1.82) is 5.26 Å². The molecule has 16 heavy (non-hydrogen) atoms. The number of sulfonamides is 1. The maximum atomic E-state index is 13.3. The van der Waals surface area contributed by atoms with Crippen molar-refractivity contribution in [2.75, 3.05) is 0 Å². The summed E-state index contributed by atoms with van der Waals surface area (Å²) in [7, 11) is -3.57. The fraction of sp³-hybridized carbons (Fsp3) is 0.100. The lowest BCUT2D eigenvalue weighted by atomic mass is 10.1. The van der Waals surface area contributed by atoms with Gasteiger partial charge in [-0.3, -0.25) is 0 Å². The van der Waals surface area contributed by atoms with Gasteiger partial charge in [0.05, 0.1) is 11.6 Å². The van der Waals surface area contributed by atoms with Gasteiger partial charge in [-0.25, -0.2) is 17.5 Å². The van der Waals surface area contributed by atoms with Crippen LogP contribution in [0.1, 0.15) is 11.1 Å². The molecule has 0 bridgehead atoms. The number of nitrogens with one attached hydrogen (secondary N) is 1. The molecule has 1 rings (SSSR count). The van der Waals surface area contributed by atoms with Crippen LogP contribution < -0.4 is 4.72 Å². The van der Waals surface area contributed by atoms with Crippen molar-refractivity contribution in [1.82, 2.24) is 4.72 Å². The summed E-state index contributed by atoms with van der Waals surface area (Å²) >= 11 is 0. The number of benzene rings is 1. The molecule has 0 atom stereocenters. The van der Waals surface area contributed by atoms with Gasteiger partial charge in [-0.2, -0.15) is 5.26 Å². The Morgan fingerprint density at radius 1 is 1.56 bits per heavy atom. The second-order valence-corrected chi connectivity index (χ2v) is 4.66. The molecule has 0 saturated heterocycles. The summed E-state index contributed by atoms with van der Waals surface area (Å²) in [5.74, 6) is -0.620. The number of nitriles is 1. The van der Waals surface area contributed by atoms with Crippen LogP contribution in [-0.4, -0.2) is 8.42 Å². The zero-order valence-electron chi connectivity index (χ0n) is 8.27. The molecular weight excluding hydrogens is 231 g/mol. The summed E-state index contributed by atoms with van der Waals surface area (Å²) in [5, 5.41) is 9.25. The highest BCUT2D eigenvalue weighted by molar-refractivity contribution is 7.92. The lowest BCUT2D eigenvalue weighted by molar-refractivity contribution is 0.582. The first-order chi connectivity index (χ1) is 7.48. The number of hydrogen-bond acceptors (Lipinski definition) is 3. The van der Waals surface area contributed by atoms with Crippen molar-refractivity contribution in [3.05, 3.63) is 47.1 Å². The Labute approximate surface area is 93.1 Å². The van der Waals surface area contributed by atoms with E-state index in [1.165, 1.54) is 12.1 Å². The Morgan fingerprint density at radius 2 is 2.25 bits per heavy atom. The Hall–Kier alpha value is -1.71. The maximum Gasteiger partial charge on any atom is 0.233 e. The molecular formula is C10H9FN2O2S. The zero-order chi connectivity index (χ0) is 12.2. The summed E-state index contributed by atoms with van der Waals surface area (Å²) in [6.45, 7) is 2.93. The standard InChI is InChI=1S/C10H9FN2O2S/c1-2-16(14,15)13-7-9-4-3-8(6-12)5-10(9)11/h2-5,13H,1,7H2. The van der Waals surface area contributed by atoms with E-state index in [-0.39, 0.29) is 17.7 Å². The Morgan fingerprint density at radius 3 is 2.75 bits per heavy atom. The average Bonchev–Trinajstić information content (AvgIpc) is 2.27. The quantitative estimate of drug-likeness (QED) is 0.861. The largest absolute Gasteiger partial charge is 0.233 e. The van der Waals surface area contributed by atoms with Crippen LogP contribution in [0.15, 0.2) is 30.2 Å². The normalized spacial score (nSPS) is 10.8. The molecule has 0 radical (unpaired) electrons. The van der Waals surface area contributed by atoms with Gasteiger partial charge >= 0.3 is 0 Å². The molecule has 0 aliphatic rings. The first-order valence-electron chi connectivity index (χ1n) is 4.29. The van der Waals surface area contributed by atoms with Crippen molar-refractivity contribution in [2.45, 2.75) is 6.54 Å². The van der Waals surface area contributed by atoms with Crippen LogP contribution in [0.25, 0.3) is 0 Å². The smallest absolute Gasteiger partial charge is 0.208 e. The van der Waals surface area contributed by atoms with E-state index in [1.807, 2.05) is 0 Å². The Balaban J connectivity index is 2.84. The molecule has 84 valence electrons. The van der Waals surface area contributed by atoms with E-state index in [1.54, 1.807) is 6.07 Å². The van der Waals surface area contributed by atoms with E-state index >= 15 is 0 Å². The van der Waals surface area contributed by atoms with Crippen molar-refractivity contribution in [3.63, 3.8) is 0 Å². The predicted molar refractivity (Wildman–Crippen MR) is 57.1 cm³/mol. The fourth-order valence-electron chi connectivity index (χ4n) is 0.997. The number of halogens is 1. The number of hydrogen-bond donors (Lipinski definition) is 1. The van der Waals surface area contributed by atoms with Crippen LogP contribution in [0.5, 0.6) is 0 Å². The van der Waals surface area contributed by atoms with Gasteiger partial charge in [0.1, 0.15) is 5.82 Å². The average molecular weight is 240 g/mol. The summed E-state index contributed by atoms with van der Waals surface area (Å²) in [5.41, 5.74) is 0.359. The molecule has 0 heterocycles. The van der Waals surface area contributed by atoms with Crippen LogP contribution >= 0.6 is 0 Å². The molecule has 1 aromatic rings. The molecule has 0 unspecified atom stereocenters. The van der Waals surface area contributed by atoms with Gasteiger partial charge in [0.2, 0.25) is 10.0 Å². The van der Waals surface area contributed by atoms with Gasteiger partial charge in [-0.1, -0.05) is 12.6 Å². The molecule has 6 heteroatoms. The van der Waals surface area contributed by atoms with Crippen LogP contribution in [0, 0.1) is 17.1 Å². The van der Waals surface area contributed by atoms with Crippen LogP contribution in [0.4, 0.5) is 4.39 Å². The summed E-state index contributed by atoms with van der Waals surface area (Å²) in [6, 6.07) is 5.61.